The Kier molecular flexibility index (Phi) is 4.10. The van der Waals surface area contributed by atoms with Crippen molar-refractivity contribution >= 4 is 5.91 Å². The largest absolute Gasteiger partial charge is 0.354 e. The van der Waals surface area contributed by atoms with Crippen LogP contribution in [0.25, 0.3) is 0 Å². The quantitative estimate of drug-likeness (QED) is 0.717. The Hall–Kier alpha value is -1.08. The number of carbonyl (C=O) groups excluding carboxylic acids is 1. The van der Waals surface area contributed by atoms with Gasteiger partial charge < -0.3 is 10.6 Å². The van der Waals surface area contributed by atoms with E-state index in [2.05, 4.69) is 16.7 Å². The summed E-state index contributed by atoms with van der Waals surface area (Å²) in [6.45, 7) is 5.85. The van der Waals surface area contributed by atoms with Crippen molar-refractivity contribution in [2.75, 3.05) is 19.6 Å². The second-order valence-electron chi connectivity index (χ2n) is 4.76. The lowest BCUT2D eigenvalue weighted by Crippen LogP contribution is -2.43. The zero-order chi connectivity index (χ0) is 11.3. The van der Waals surface area contributed by atoms with Gasteiger partial charge in [0.15, 0.2) is 0 Å². The number of hydrogen-bond donors (Lipinski definition) is 2. The van der Waals surface area contributed by atoms with Crippen LogP contribution in [0.5, 0.6) is 0 Å². The topological polar surface area (TPSA) is 64.9 Å². The molecule has 0 radical (unpaired) electrons. The summed E-state index contributed by atoms with van der Waals surface area (Å²) >= 11 is 0. The molecule has 0 saturated carbocycles. The van der Waals surface area contributed by atoms with Gasteiger partial charge in [0.1, 0.15) is 0 Å². The molecule has 1 heterocycles. The van der Waals surface area contributed by atoms with Gasteiger partial charge in [-0.05, 0) is 33.2 Å². The third-order valence-electron chi connectivity index (χ3n) is 2.67. The molecule has 1 atom stereocenters. The molecule has 1 unspecified atom stereocenters. The molecule has 4 nitrogen and oxygen atoms in total. The molecule has 1 amide bonds. The summed E-state index contributed by atoms with van der Waals surface area (Å²) in [6.07, 6.45) is 2.01. The van der Waals surface area contributed by atoms with Gasteiger partial charge >= 0.3 is 0 Å². The Morgan fingerprint density at radius 3 is 2.93 bits per heavy atom. The average Bonchev–Trinajstić information content (AvgIpc) is 2.27. The van der Waals surface area contributed by atoms with E-state index in [-0.39, 0.29) is 11.8 Å². The zero-order valence-electron chi connectivity index (χ0n) is 9.47. The fourth-order valence-corrected chi connectivity index (χ4v) is 1.57. The van der Waals surface area contributed by atoms with Crippen LogP contribution in [-0.2, 0) is 4.79 Å². The van der Waals surface area contributed by atoms with E-state index in [1.54, 1.807) is 0 Å². The van der Waals surface area contributed by atoms with E-state index in [0.29, 0.717) is 6.54 Å². The molecule has 0 bridgehead atoms. The molecule has 0 aliphatic carbocycles. The Morgan fingerprint density at radius 2 is 2.40 bits per heavy atom. The SMILES string of the molecule is CC(C)(C#N)CNC(=O)C1CCCNC1. The molecule has 0 aromatic heterocycles. The number of rotatable bonds is 3. The number of hydrogen-bond acceptors (Lipinski definition) is 3. The van der Waals surface area contributed by atoms with E-state index in [4.69, 9.17) is 5.26 Å². The third-order valence-corrected chi connectivity index (χ3v) is 2.67. The lowest BCUT2D eigenvalue weighted by molar-refractivity contribution is -0.125. The summed E-state index contributed by atoms with van der Waals surface area (Å²) in [5.74, 6) is 0.152. The van der Waals surface area contributed by atoms with Crippen molar-refractivity contribution in [2.45, 2.75) is 26.7 Å². The van der Waals surface area contributed by atoms with Crippen LogP contribution < -0.4 is 10.6 Å². The number of piperidine rings is 1. The van der Waals surface area contributed by atoms with Crippen molar-refractivity contribution in [3.63, 3.8) is 0 Å². The second kappa shape index (κ2) is 5.13. The van der Waals surface area contributed by atoms with Gasteiger partial charge in [-0.2, -0.15) is 5.26 Å². The minimum Gasteiger partial charge on any atom is -0.354 e. The summed E-state index contributed by atoms with van der Waals surface area (Å²) < 4.78 is 0. The molecule has 1 aliphatic rings. The monoisotopic (exact) mass is 209 g/mol. The molecule has 15 heavy (non-hydrogen) atoms. The average molecular weight is 209 g/mol. The first-order chi connectivity index (χ1) is 7.05. The van der Waals surface area contributed by atoms with Crippen LogP contribution in [0.1, 0.15) is 26.7 Å². The van der Waals surface area contributed by atoms with Gasteiger partial charge in [-0.1, -0.05) is 0 Å². The van der Waals surface area contributed by atoms with E-state index >= 15 is 0 Å². The highest BCUT2D eigenvalue weighted by Crippen LogP contribution is 2.13. The highest BCUT2D eigenvalue weighted by Gasteiger charge is 2.23. The molecule has 4 heteroatoms. The second-order valence-corrected chi connectivity index (χ2v) is 4.76. The normalized spacial score (nSPS) is 21.8. The molecule has 0 spiro atoms. The van der Waals surface area contributed by atoms with Gasteiger partial charge in [-0.25, -0.2) is 0 Å². The first-order valence-electron chi connectivity index (χ1n) is 5.45. The Balaban J connectivity index is 2.32. The van der Waals surface area contributed by atoms with Gasteiger partial charge in [0.2, 0.25) is 5.91 Å². The smallest absolute Gasteiger partial charge is 0.224 e. The maximum absolute atomic E-state index is 11.7. The summed E-state index contributed by atoms with van der Waals surface area (Å²) in [4.78, 5) is 11.7. The number of nitrogens with zero attached hydrogens (tertiary/aromatic N) is 1. The summed E-state index contributed by atoms with van der Waals surface area (Å²) in [7, 11) is 0. The molecular weight excluding hydrogens is 190 g/mol. The lowest BCUT2D eigenvalue weighted by Gasteiger charge is -2.23. The van der Waals surface area contributed by atoms with Gasteiger partial charge in [-0.15, -0.1) is 0 Å². The number of nitrogens with one attached hydrogen (secondary N) is 2. The minimum atomic E-state index is -0.474. The predicted molar refractivity (Wildman–Crippen MR) is 58.0 cm³/mol. The highest BCUT2D eigenvalue weighted by atomic mass is 16.1. The minimum absolute atomic E-state index is 0.0746. The van der Waals surface area contributed by atoms with Crippen LogP contribution in [0.15, 0.2) is 0 Å². The predicted octanol–water partition coefficient (Wildman–Crippen LogP) is 0.652. The van der Waals surface area contributed by atoms with Crippen LogP contribution in [0.2, 0.25) is 0 Å². The van der Waals surface area contributed by atoms with Crippen molar-refractivity contribution in [2.24, 2.45) is 11.3 Å². The van der Waals surface area contributed by atoms with Crippen LogP contribution in [0, 0.1) is 22.7 Å². The van der Waals surface area contributed by atoms with Gasteiger partial charge in [0, 0.05) is 13.1 Å². The van der Waals surface area contributed by atoms with E-state index in [1.165, 1.54) is 0 Å². The van der Waals surface area contributed by atoms with E-state index < -0.39 is 5.41 Å². The van der Waals surface area contributed by atoms with Crippen LogP contribution >= 0.6 is 0 Å². The van der Waals surface area contributed by atoms with Crippen LogP contribution in [0.3, 0.4) is 0 Å². The maximum atomic E-state index is 11.7. The van der Waals surface area contributed by atoms with Gasteiger partial charge in [-0.3, -0.25) is 4.79 Å². The van der Waals surface area contributed by atoms with Crippen molar-refractivity contribution in [3.05, 3.63) is 0 Å². The molecule has 1 rings (SSSR count). The summed E-state index contributed by atoms with van der Waals surface area (Å²) in [5.41, 5.74) is -0.474. The molecule has 1 saturated heterocycles. The molecule has 0 aromatic rings. The van der Waals surface area contributed by atoms with Crippen LogP contribution in [-0.4, -0.2) is 25.5 Å². The molecule has 2 N–H and O–H groups in total. The fraction of sp³-hybridized carbons (Fsp3) is 0.818. The molecule has 0 aromatic carbocycles. The van der Waals surface area contributed by atoms with Crippen LogP contribution in [0.4, 0.5) is 0 Å². The van der Waals surface area contributed by atoms with E-state index in [0.717, 1.165) is 25.9 Å². The van der Waals surface area contributed by atoms with Gasteiger partial charge in [0.05, 0.1) is 17.4 Å². The first-order valence-corrected chi connectivity index (χ1v) is 5.45. The Morgan fingerprint density at radius 1 is 1.67 bits per heavy atom. The van der Waals surface area contributed by atoms with Crippen molar-refractivity contribution in [1.82, 2.24) is 10.6 Å². The number of amides is 1. The number of nitriles is 1. The Labute approximate surface area is 91.0 Å². The first kappa shape index (κ1) is 12.0. The fourth-order valence-electron chi connectivity index (χ4n) is 1.57. The third kappa shape index (κ3) is 3.88. The molecule has 84 valence electrons. The molecule has 1 fully saturated rings. The van der Waals surface area contributed by atoms with Crippen molar-refractivity contribution < 1.29 is 4.79 Å². The van der Waals surface area contributed by atoms with Gasteiger partial charge in [0.25, 0.3) is 0 Å². The summed E-state index contributed by atoms with van der Waals surface area (Å²) in [5, 5.41) is 14.8. The van der Waals surface area contributed by atoms with Crippen molar-refractivity contribution in [1.29, 1.82) is 5.26 Å². The maximum Gasteiger partial charge on any atom is 0.224 e. The zero-order valence-corrected chi connectivity index (χ0v) is 9.47. The lowest BCUT2D eigenvalue weighted by atomic mass is 9.94. The summed E-state index contributed by atoms with van der Waals surface area (Å²) in [6, 6.07) is 2.17. The van der Waals surface area contributed by atoms with E-state index in [9.17, 15) is 4.79 Å². The molecular formula is C11H19N3O. The van der Waals surface area contributed by atoms with E-state index in [1.807, 2.05) is 13.8 Å². The standard InChI is InChI=1S/C11H19N3O/c1-11(2,7-12)8-14-10(15)9-4-3-5-13-6-9/h9,13H,3-6,8H2,1-2H3,(H,14,15). The highest BCUT2D eigenvalue weighted by molar-refractivity contribution is 5.79. The molecule has 1 aliphatic heterocycles. The Bertz CT molecular complexity index is 261. The van der Waals surface area contributed by atoms with Crippen molar-refractivity contribution in [3.8, 4) is 6.07 Å². The number of carbonyl (C=O) groups is 1.